The monoisotopic (exact) mass is 234 g/mol. The van der Waals surface area contributed by atoms with Crippen molar-refractivity contribution in [3.05, 3.63) is 41.5 Å². The molecule has 0 fully saturated rings. The van der Waals surface area contributed by atoms with E-state index in [1.54, 1.807) is 24.3 Å². The summed E-state index contributed by atoms with van der Waals surface area (Å²) in [5, 5.41) is 12.9. The lowest BCUT2D eigenvalue weighted by Crippen LogP contribution is -2.15. The van der Waals surface area contributed by atoms with Crippen LogP contribution in [0.2, 0.25) is 0 Å². The van der Waals surface area contributed by atoms with E-state index in [0.717, 1.165) is 5.56 Å². The third-order valence-corrected chi connectivity index (χ3v) is 2.38. The Morgan fingerprint density at radius 3 is 2.59 bits per heavy atom. The normalized spacial score (nSPS) is 12.6. The number of nitrogens with two attached hydrogens (primary N) is 2. The molecule has 1 aromatic heterocycles. The molecule has 0 aliphatic rings. The second kappa shape index (κ2) is 4.94. The Labute approximate surface area is 98.2 Å². The highest BCUT2D eigenvalue weighted by molar-refractivity contribution is 5.26. The molecule has 1 aromatic carbocycles. The van der Waals surface area contributed by atoms with Crippen LogP contribution in [0.3, 0.4) is 0 Å². The summed E-state index contributed by atoms with van der Waals surface area (Å²) in [5.74, 6) is 1.05. The molecule has 0 aliphatic carbocycles. The van der Waals surface area contributed by atoms with Crippen LogP contribution >= 0.6 is 0 Å². The Hall–Kier alpha value is -1.92. The summed E-state index contributed by atoms with van der Waals surface area (Å²) < 4.78 is 4.89. The van der Waals surface area contributed by atoms with E-state index in [9.17, 15) is 0 Å². The maximum Gasteiger partial charge on any atom is 0.240 e. The number of phenolic OH excluding ortho intramolecular Hbond substituents is 1. The lowest BCUT2D eigenvalue weighted by atomic mass is 10.1. The number of hydrogen-bond acceptors (Lipinski definition) is 6. The van der Waals surface area contributed by atoms with Gasteiger partial charge < -0.3 is 21.1 Å². The molecule has 0 saturated carbocycles. The minimum atomic E-state index is -0.344. The van der Waals surface area contributed by atoms with Gasteiger partial charge in [0.15, 0.2) is 5.82 Å². The number of aromatic nitrogens is 2. The molecule has 2 aromatic rings. The molecule has 0 spiro atoms. The molecular weight excluding hydrogens is 220 g/mol. The number of nitrogens with zero attached hydrogens (tertiary/aromatic N) is 2. The Morgan fingerprint density at radius 1 is 1.29 bits per heavy atom. The van der Waals surface area contributed by atoms with E-state index in [0.29, 0.717) is 18.1 Å². The first-order valence-corrected chi connectivity index (χ1v) is 5.25. The van der Waals surface area contributed by atoms with E-state index in [-0.39, 0.29) is 18.3 Å². The zero-order valence-electron chi connectivity index (χ0n) is 9.21. The van der Waals surface area contributed by atoms with Crippen molar-refractivity contribution in [3.8, 4) is 5.75 Å². The SMILES string of the molecule is NCc1nc([C@@H](N)Cc2ccc(O)cc2)no1. The van der Waals surface area contributed by atoms with Gasteiger partial charge in [-0.2, -0.15) is 4.98 Å². The minimum absolute atomic E-state index is 0.207. The molecule has 6 heteroatoms. The van der Waals surface area contributed by atoms with Crippen molar-refractivity contribution >= 4 is 0 Å². The van der Waals surface area contributed by atoms with E-state index in [1.807, 2.05) is 0 Å². The van der Waals surface area contributed by atoms with Crippen LogP contribution in [0, 0.1) is 0 Å². The van der Waals surface area contributed by atoms with Crippen LogP contribution in [-0.4, -0.2) is 15.2 Å². The third kappa shape index (κ3) is 2.80. The molecule has 2 rings (SSSR count). The number of phenols is 1. The second-order valence-corrected chi connectivity index (χ2v) is 3.73. The van der Waals surface area contributed by atoms with Crippen LogP contribution in [0.5, 0.6) is 5.75 Å². The highest BCUT2D eigenvalue weighted by atomic mass is 16.5. The van der Waals surface area contributed by atoms with Crippen molar-refractivity contribution in [1.82, 2.24) is 10.1 Å². The fraction of sp³-hybridized carbons (Fsp3) is 0.273. The number of rotatable bonds is 4. The van der Waals surface area contributed by atoms with Crippen LogP contribution in [0.1, 0.15) is 23.3 Å². The highest BCUT2D eigenvalue weighted by Gasteiger charge is 2.14. The predicted octanol–water partition coefficient (Wildman–Crippen LogP) is 0.476. The first-order chi connectivity index (χ1) is 8.19. The van der Waals surface area contributed by atoms with Crippen molar-refractivity contribution in [1.29, 1.82) is 0 Å². The van der Waals surface area contributed by atoms with E-state index < -0.39 is 0 Å². The summed E-state index contributed by atoms with van der Waals surface area (Å²) in [6.07, 6.45) is 0.573. The van der Waals surface area contributed by atoms with Gasteiger partial charge in [-0.25, -0.2) is 0 Å². The van der Waals surface area contributed by atoms with Crippen LogP contribution < -0.4 is 11.5 Å². The van der Waals surface area contributed by atoms with Crippen molar-refractivity contribution in [2.75, 3.05) is 0 Å². The van der Waals surface area contributed by atoms with Gasteiger partial charge >= 0.3 is 0 Å². The Morgan fingerprint density at radius 2 is 2.00 bits per heavy atom. The summed E-state index contributed by atoms with van der Waals surface area (Å²) in [6, 6.07) is 6.49. The van der Waals surface area contributed by atoms with Gasteiger partial charge in [0.25, 0.3) is 0 Å². The highest BCUT2D eigenvalue weighted by Crippen LogP contribution is 2.16. The quantitative estimate of drug-likeness (QED) is 0.709. The second-order valence-electron chi connectivity index (χ2n) is 3.73. The lowest BCUT2D eigenvalue weighted by molar-refractivity contribution is 0.371. The van der Waals surface area contributed by atoms with Crippen molar-refractivity contribution in [3.63, 3.8) is 0 Å². The van der Waals surface area contributed by atoms with Gasteiger partial charge in [-0.15, -0.1) is 0 Å². The molecule has 90 valence electrons. The van der Waals surface area contributed by atoms with E-state index >= 15 is 0 Å². The van der Waals surface area contributed by atoms with Crippen LogP contribution in [0.4, 0.5) is 0 Å². The van der Waals surface area contributed by atoms with Crippen LogP contribution in [-0.2, 0) is 13.0 Å². The summed E-state index contributed by atoms with van der Waals surface area (Å²) >= 11 is 0. The number of benzene rings is 1. The summed E-state index contributed by atoms with van der Waals surface area (Å²) in [7, 11) is 0. The topological polar surface area (TPSA) is 111 Å². The zero-order valence-corrected chi connectivity index (χ0v) is 9.21. The molecule has 6 nitrogen and oxygen atoms in total. The smallest absolute Gasteiger partial charge is 0.240 e. The first kappa shape index (κ1) is 11.6. The standard InChI is InChI=1S/C11H14N4O2/c12-6-10-14-11(15-17-10)9(13)5-7-1-3-8(16)4-2-7/h1-4,9,16H,5-6,12-13H2/t9-/m0/s1. The van der Waals surface area contributed by atoms with Crippen LogP contribution in [0.15, 0.2) is 28.8 Å². The Kier molecular flexibility index (Phi) is 3.36. The fourth-order valence-electron chi connectivity index (χ4n) is 1.48. The largest absolute Gasteiger partial charge is 0.508 e. The average molecular weight is 234 g/mol. The zero-order chi connectivity index (χ0) is 12.3. The van der Waals surface area contributed by atoms with E-state index in [2.05, 4.69) is 10.1 Å². The fourth-order valence-corrected chi connectivity index (χ4v) is 1.48. The summed E-state index contributed by atoms with van der Waals surface area (Å²) in [4.78, 5) is 4.07. The molecule has 1 heterocycles. The number of hydrogen-bond donors (Lipinski definition) is 3. The molecular formula is C11H14N4O2. The molecule has 17 heavy (non-hydrogen) atoms. The summed E-state index contributed by atoms with van der Waals surface area (Å²) in [5.41, 5.74) is 12.3. The number of aromatic hydroxyl groups is 1. The maximum absolute atomic E-state index is 9.16. The Bertz CT molecular complexity index is 480. The van der Waals surface area contributed by atoms with Gasteiger partial charge in [-0.3, -0.25) is 0 Å². The van der Waals surface area contributed by atoms with Gasteiger partial charge in [-0.05, 0) is 24.1 Å². The van der Waals surface area contributed by atoms with Gasteiger partial charge in [0.2, 0.25) is 5.89 Å². The molecule has 0 saturated heterocycles. The molecule has 0 aliphatic heterocycles. The minimum Gasteiger partial charge on any atom is -0.508 e. The molecule has 0 amide bonds. The van der Waals surface area contributed by atoms with E-state index in [4.69, 9.17) is 21.1 Å². The van der Waals surface area contributed by atoms with Crippen molar-refractivity contribution in [2.24, 2.45) is 11.5 Å². The van der Waals surface area contributed by atoms with Crippen LogP contribution in [0.25, 0.3) is 0 Å². The Balaban J connectivity index is 2.05. The molecule has 0 unspecified atom stereocenters. The van der Waals surface area contributed by atoms with Gasteiger partial charge in [-0.1, -0.05) is 17.3 Å². The predicted molar refractivity (Wildman–Crippen MR) is 60.9 cm³/mol. The van der Waals surface area contributed by atoms with Gasteiger partial charge in [0.05, 0.1) is 12.6 Å². The maximum atomic E-state index is 9.16. The third-order valence-electron chi connectivity index (χ3n) is 2.38. The summed E-state index contributed by atoms with van der Waals surface area (Å²) in [6.45, 7) is 0.207. The van der Waals surface area contributed by atoms with Crippen molar-refractivity contribution < 1.29 is 9.63 Å². The average Bonchev–Trinajstić information content (AvgIpc) is 2.81. The molecule has 1 atom stereocenters. The van der Waals surface area contributed by atoms with Gasteiger partial charge in [0.1, 0.15) is 5.75 Å². The molecule has 5 N–H and O–H groups in total. The van der Waals surface area contributed by atoms with Gasteiger partial charge in [0, 0.05) is 0 Å². The molecule has 0 radical (unpaired) electrons. The van der Waals surface area contributed by atoms with E-state index in [1.165, 1.54) is 0 Å². The first-order valence-electron chi connectivity index (χ1n) is 5.25. The van der Waals surface area contributed by atoms with Crippen molar-refractivity contribution in [2.45, 2.75) is 19.0 Å². The molecule has 0 bridgehead atoms. The lowest BCUT2D eigenvalue weighted by Gasteiger charge is -2.06.